The Morgan fingerprint density at radius 3 is 2.53 bits per heavy atom. The van der Waals surface area contributed by atoms with Crippen molar-refractivity contribution < 1.29 is 10.2 Å². The fraction of sp³-hybridized carbons (Fsp3) is 0.200. The van der Waals surface area contributed by atoms with Crippen LogP contribution in [0.25, 0.3) is 21.8 Å². The molecule has 0 spiro atoms. The lowest BCUT2D eigenvalue weighted by Gasteiger charge is -2.13. The van der Waals surface area contributed by atoms with Crippen LogP contribution in [-0.4, -0.2) is 21.4 Å². The Kier molecular flexibility index (Phi) is 2.98. The molecule has 0 saturated heterocycles. The topological polar surface area (TPSA) is 82.3 Å². The van der Waals surface area contributed by atoms with Crippen LogP contribution in [0.5, 0.6) is 0 Å². The standard InChI is InChI=1S/C15H16N2O2/c16-14(19)8-13(18)11-6-3-5-10-9-4-1-2-7-12(9)17-15(10)11/h1-7,13-14,17-19H,8,16H2. The number of para-hydroxylation sites is 2. The summed E-state index contributed by atoms with van der Waals surface area (Å²) in [5, 5.41) is 21.6. The first-order valence-corrected chi connectivity index (χ1v) is 6.28. The molecule has 2 aromatic carbocycles. The molecule has 1 heterocycles. The number of benzene rings is 2. The molecule has 2 unspecified atom stereocenters. The predicted molar refractivity (Wildman–Crippen MR) is 75.6 cm³/mol. The van der Waals surface area contributed by atoms with E-state index in [1.807, 2.05) is 42.5 Å². The Balaban J connectivity index is 2.20. The first kappa shape index (κ1) is 12.2. The van der Waals surface area contributed by atoms with Gasteiger partial charge in [-0.25, -0.2) is 0 Å². The van der Waals surface area contributed by atoms with Gasteiger partial charge >= 0.3 is 0 Å². The number of aromatic nitrogens is 1. The summed E-state index contributed by atoms with van der Waals surface area (Å²) in [6, 6.07) is 13.8. The second-order valence-corrected chi connectivity index (χ2v) is 4.76. The molecule has 0 aliphatic rings. The van der Waals surface area contributed by atoms with Gasteiger partial charge in [0.05, 0.1) is 11.6 Å². The smallest absolute Gasteiger partial charge is 0.105 e. The van der Waals surface area contributed by atoms with E-state index in [-0.39, 0.29) is 6.42 Å². The maximum absolute atomic E-state index is 10.2. The summed E-state index contributed by atoms with van der Waals surface area (Å²) in [4.78, 5) is 3.32. The molecule has 1 aromatic heterocycles. The number of nitrogens with one attached hydrogen (secondary N) is 1. The minimum atomic E-state index is -1.02. The Morgan fingerprint density at radius 2 is 1.74 bits per heavy atom. The highest BCUT2D eigenvalue weighted by atomic mass is 16.3. The minimum Gasteiger partial charge on any atom is -0.388 e. The Morgan fingerprint density at radius 1 is 1.00 bits per heavy atom. The molecule has 5 N–H and O–H groups in total. The lowest BCUT2D eigenvalue weighted by Crippen LogP contribution is -2.21. The van der Waals surface area contributed by atoms with Gasteiger partial charge in [0.1, 0.15) is 6.23 Å². The molecule has 19 heavy (non-hydrogen) atoms. The van der Waals surface area contributed by atoms with E-state index < -0.39 is 12.3 Å². The van der Waals surface area contributed by atoms with Crippen molar-refractivity contribution in [3.05, 3.63) is 48.0 Å². The molecule has 0 aliphatic heterocycles. The zero-order valence-electron chi connectivity index (χ0n) is 10.4. The number of hydrogen-bond acceptors (Lipinski definition) is 3. The van der Waals surface area contributed by atoms with Crippen molar-refractivity contribution in [1.29, 1.82) is 0 Å². The van der Waals surface area contributed by atoms with E-state index >= 15 is 0 Å². The Hall–Kier alpha value is -1.88. The van der Waals surface area contributed by atoms with Crippen molar-refractivity contribution in [2.45, 2.75) is 18.8 Å². The van der Waals surface area contributed by atoms with Crippen LogP contribution in [0.1, 0.15) is 18.1 Å². The highest BCUT2D eigenvalue weighted by Gasteiger charge is 2.16. The van der Waals surface area contributed by atoms with Gasteiger partial charge in [-0.2, -0.15) is 0 Å². The van der Waals surface area contributed by atoms with Crippen LogP contribution in [0.4, 0.5) is 0 Å². The number of fused-ring (bicyclic) bond motifs is 3. The molecular weight excluding hydrogens is 240 g/mol. The minimum absolute atomic E-state index is 0.120. The van der Waals surface area contributed by atoms with Crippen molar-refractivity contribution in [2.75, 3.05) is 0 Å². The van der Waals surface area contributed by atoms with Gasteiger partial charge in [-0.05, 0) is 6.07 Å². The van der Waals surface area contributed by atoms with E-state index in [1.54, 1.807) is 0 Å². The maximum Gasteiger partial charge on any atom is 0.105 e. The number of hydrogen-bond donors (Lipinski definition) is 4. The average Bonchev–Trinajstić information content (AvgIpc) is 2.76. The summed E-state index contributed by atoms with van der Waals surface area (Å²) in [5.74, 6) is 0. The van der Waals surface area contributed by atoms with Crippen LogP contribution in [0, 0.1) is 0 Å². The van der Waals surface area contributed by atoms with Gasteiger partial charge in [0.25, 0.3) is 0 Å². The first-order chi connectivity index (χ1) is 9.16. The zero-order chi connectivity index (χ0) is 13.4. The van der Waals surface area contributed by atoms with Gasteiger partial charge in [-0.3, -0.25) is 0 Å². The van der Waals surface area contributed by atoms with Gasteiger partial charge in [0.2, 0.25) is 0 Å². The van der Waals surface area contributed by atoms with Crippen molar-refractivity contribution in [3.63, 3.8) is 0 Å². The predicted octanol–water partition coefficient (Wildman–Crippen LogP) is 2.02. The van der Waals surface area contributed by atoms with Gasteiger partial charge in [0, 0.05) is 28.3 Å². The second-order valence-electron chi connectivity index (χ2n) is 4.76. The molecule has 3 aromatic rings. The summed E-state index contributed by atoms with van der Waals surface area (Å²) in [5.41, 5.74) is 8.03. The Bertz CT molecular complexity index is 718. The normalized spacial score (nSPS) is 14.9. The van der Waals surface area contributed by atoms with Crippen LogP contribution in [0.2, 0.25) is 0 Å². The lowest BCUT2D eigenvalue weighted by molar-refractivity contribution is 0.0850. The third kappa shape index (κ3) is 2.10. The second kappa shape index (κ2) is 4.66. The quantitative estimate of drug-likeness (QED) is 0.541. The van der Waals surface area contributed by atoms with E-state index in [4.69, 9.17) is 5.73 Å². The van der Waals surface area contributed by atoms with Crippen LogP contribution in [-0.2, 0) is 0 Å². The molecule has 2 atom stereocenters. The average molecular weight is 256 g/mol. The third-order valence-corrected chi connectivity index (χ3v) is 3.40. The number of aliphatic hydroxyl groups excluding tert-OH is 2. The molecule has 0 saturated carbocycles. The summed E-state index contributed by atoms with van der Waals surface area (Å²) >= 11 is 0. The molecule has 98 valence electrons. The third-order valence-electron chi connectivity index (χ3n) is 3.40. The van der Waals surface area contributed by atoms with E-state index in [0.717, 1.165) is 27.4 Å². The molecule has 3 rings (SSSR count). The summed E-state index contributed by atoms with van der Waals surface area (Å²) < 4.78 is 0. The van der Waals surface area contributed by atoms with E-state index in [9.17, 15) is 10.2 Å². The van der Waals surface area contributed by atoms with Crippen LogP contribution >= 0.6 is 0 Å². The van der Waals surface area contributed by atoms with Gasteiger partial charge in [-0.1, -0.05) is 36.4 Å². The highest BCUT2D eigenvalue weighted by Crippen LogP contribution is 2.31. The van der Waals surface area contributed by atoms with E-state index in [0.29, 0.717) is 0 Å². The van der Waals surface area contributed by atoms with Crippen molar-refractivity contribution >= 4 is 21.8 Å². The fourth-order valence-electron chi connectivity index (χ4n) is 2.53. The highest BCUT2D eigenvalue weighted by molar-refractivity contribution is 6.08. The van der Waals surface area contributed by atoms with Crippen LogP contribution in [0.15, 0.2) is 42.5 Å². The lowest BCUT2D eigenvalue weighted by atomic mass is 10.0. The van der Waals surface area contributed by atoms with Crippen LogP contribution < -0.4 is 5.73 Å². The molecule has 4 nitrogen and oxygen atoms in total. The van der Waals surface area contributed by atoms with Crippen molar-refractivity contribution in [2.24, 2.45) is 5.73 Å². The number of H-pyrrole nitrogens is 1. The monoisotopic (exact) mass is 256 g/mol. The number of aliphatic hydroxyl groups is 2. The molecule has 0 aliphatic carbocycles. The number of nitrogens with two attached hydrogens (primary N) is 1. The molecular formula is C15H16N2O2. The van der Waals surface area contributed by atoms with E-state index in [1.165, 1.54) is 0 Å². The molecule has 0 amide bonds. The summed E-state index contributed by atoms with van der Waals surface area (Å²) in [7, 11) is 0. The zero-order valence-corrected chi connectivity index (χ0v) is 10.4. The molecule has 0 fully saturated rings. The molecule has 0 bridgehead atoms. The van der Waals surface area contributed by atoms with Gasteiger partial charge in [0.15, 0.2) is 0 Å². The van der Waals surface area contributed by atoms with Crippen molar-refractivity contribution in [1.82, 2.24) is 4.98 Å². The largest absolute Gasteiger partial charge is 0.388 e. The summed E-state index contributed by atoms with van der Waals surface area (Å²) in [6.07, 6.45) is -1.68. The number of rotatable bonds is 3. The van der Waals surface area contributed by atoms with E-state index in [2.05, 4.69) is 4.98 Å². The first-order valence-electron chi connectivity index (χ1n) is 6.28. The van der Waals surface area contributed by atoms with Crippen molar-refractivity contribution in [3.8, 4) is 0 Å². The SMILES string of the molecule is NC(O)CC(O)c1cccc2c1[nH]c1ccccc12. The fourth-order valence-corrected chi connectivity index (χ4v) is 2.53. The van der Waals surface area contributed by atoms with Gasteiger partial charge in [-0.15, -0.1) is 0 Å². The molecule has 4 heteroatoms. The van der Waals surface area contributed by atoms with Crippen LogP contribution in [0.3, 0.4) is 0 Å². The van der Waals surface area contributed by atoms with Gasteiger partial charge < -0.3 is 20.9 Å². The Labute approximate surface area is 110 Å². The molecule has 0 radical (unpaired) electrons. The number of aromatic amines is 1. The maximum atomic E-state index is 10.2. The summed E-state index contributed by atoms with van der Waals surface area (Å²) in [6.45, 7) is 0.